The maximum atomic E-state index is 5.90. The molecule has 3 nitrogen and oxygen atoms in total. The lowest BCUT2D eigenvalue weighted by Crippen LogP contribution is -2.23. The van der Waals surface area contributed by atoms with Crippen molar-refractivity contribution < 1.29 is 0 Å². The average molecular weight is 283 g/mol. The van der Waals surface area contributed by atoms with Gasteiger partial charge in [-0.25, -0.2) is 4.98 Å². The van der Waals surface area contributed by atoms with Gasteiger partial charge in [0.2, 0.25) is 0 Å². The van der Waals surface area contributed by atoms with Crippen LogP contribution in [0.2, 0.25) is 0 Å². The Morgan fingerprint density at radius 3 is 2.35 bits per heavy atom. The third-order valence-electron chi connectivity index (χ3n) is 3.71. The summed E-state index contributed by atoms with van der Waals surface area (Å²) in [6, 6.07) is 10.5. The molecule has 0 unspecified atom stereocenters. The number of thiocarbonyl (C=S) groups is 1. The molecule has 1 aromatic carbocycles. The van der Waals surface area contributed by atoms with Crippen LogP contribution >= 0.6 is 12.2 Å². The first kappa shape index (κ1) is 13.1. The molecular weight excluding hydrogens is 266 g/mol. The van der Waals surface area contributed by atoms with E-state index in [1.165, 1.54) is 11.1 Å². The lowest BCUT2D eigenvalue weighted by Gasteiger charge is -2.21. The van der Waals surface area contributed by atoms with Crippen LogP contribution in [0.5, 0.6) is 0 Å². The van der Waals surface area contributed by atoms with Crippen LogP contribution in [0.15, 0.2) is 30.3 Å². The quantitative estimate of drug-likeness (QED) is 0.861. The van der Waals surface area contributed by atoms with Crippen molar-refractivity contribution >= 4 is 23.0 Å². The van der Waals surface area contributed by atoms with E-state index < -0.39 is 0 Å². The van der Waals surface area contributed by atoms with Gasteiger partial charge in [0.15, 0.2) is 0 Å². The molecular formula is C16H17N3S. The van der Waals surface area contributed by atoms with Crippen molar-refractivity contribution in [1.29, 1.82) is 0 Å². The maximum absolute atomic E-state index is 5.90. The smallest absolute Gasteiger partial charge is 0.139 e. The Labute approximate surface area is 124 Å². The maximum Gasteiger partial charge on any atom is 0.139 e. The summed E-state index contributed by atoms with van der Waals surface area (Å²) in [6.45, 7) is 5.77. The SMILES string of the molecule is Cc1cc(C)c(C(N)=S)c(N2Cc3ccccc3C2)n1. The molecule has 2 heterocycles. The summed E-state index contributed by atoms with van der Waals surface area (Å²) >= 11 is 5.21. The van der Waals surface area contributed by atoms with Gasteiger partial charge >= 0.3 is 0 Å². The summed E-state index contributed by atoms with van der Waals surface area (Å²) in [5, 5.41) is 0. The van der Waals surface area contributed by atoms with Crippen molar-refractivity contribution in [3.05, 3.63) is 58.3 Å². The summed E-state index contributed by atoms with van der Waals surface area (Å²) in [6.07, 6.45) is 0. The zero-order chi connectivity index (χ0) is 14.3. The van der Waals surface area contributed by atoms with Crippen LogP contribution in [0.25, 0.3) is 0 Å². The number of benzene rings is 1. The predicted octanol–water partition coefficient (Wildman–Crippen LogP) is 2.85. The highest BCUT2D eigenvalue weighted by atomic mass is 32.1. The van der Waals surface area contributed by atoms with Crippen LogP contribution in [-0.2, 0) is 13.1 Å². The van der Waals surface area contributed by atoms with Crippen molar-refractivity contribution in [2.75, 3.05) is 4.90 Å². The van der Waals surface area contributed by atoms with Gasteiger partial charge in [0, 0.05) is 18.8 Å². The van der Waals surface area contributed by atoms with E-state index in [1.54, 1.807) is 0 Å². The van der Waals surface area contributed by atoms with Gasteiger partial charge in [-0.15, -0.1) is 0 Å². The minimum Gasteiger partial charge on any atom is -0.389 e. The molecule has 0 saturated carbocycles. The first-order chi connectivity index (χ1) is 9.56. The lowest BCUT2D eigenvalue weighted by atomic mass is 10.1. The van der Waals surface area contributed by atoms with Gasteiger partial charge in [0.25, 0.3) is 0 Å². The number of anilines is 1. The van der Waals surface area contributed by atoms with Crippen molar-refractivity contribution in [3.63, 3.8) is 0 Å². The third kappa shape index (κ3) is 2.16. The molecule has 3 rings (SSSR count). The summed E-state index contributed by atoms with van der Waals surface area (Å²) in [4.78, 5) is 7.35. The number of hydrogen-bond donors (Lipinski definition) is 1. The first-order valence-corrected chi connectivity index (χ1v) is 7.07. The number of nitrogens with two attached hydrogens (primary N) is 1. The molecule has 0 fully saturated rings. The molecule has 102 valence electrons. The molecule has 20 heavy (non-hydrogen) atoms. The fraction of sp³-hybridized carbons (Fsp3) is 0.250. The fourth-order valence-corrected chi connectivity index (χ4v) is 3.09. The van der Waals surface area contributed by atoms with Crippen LogP contribution in [0, 0.1) is 13.8 Å². The van der Waals surface area contributed by atoms with Gasteiger partial charge in [0.1, 0.15) is 10.8 Å². The van der Waals surface area contributed by atoms with Crippen LogP contribution in [0.1, 0.15) is 27.9 Å². The molecule has 1 aliphatic heterocycles. The van der Waals surface area contributed by atoms with E-state index in [4.69, 9.17) is 18.0 Å². The summed E-state index contributed by atoms with van der Waals surface area (Å²) < 4.78 is 0. The van der Waals surface area contributed by atoms with E-state index in [2.05, 4.69) is 34.1 Å². The standard InChI is InChI=1S/C16H17N3S/c1-10-7-11(2)18-16(14(10)15(17)20)19-8-12-5-3-4-6-13(12)9-19/h3-7H,8-9H2,1-2H3,(H2,17,20). The second-order valence-corrected chi connectivity index (χ2v) is 5.71. The fourth-order valence-electron chi connectivity index (χ4n) is 2.83. The van der Waals surface area contributed by atoms with E-state index in [9.17, 15) is 0 Å². The minimum absolute atomic E-state index is 0.418. The molecule has 0 saturated heterocycles. The molecule has 0 spiro atoms. The van der Waals surface area contributed by atoms with E-state index in [-0.39, 0.29) is 0 Å². The molecule has 0 bridgehead atoms. The summed E-state index contributed by atoms with van der Waals surface area (Å²) in [5.74, 6) is 0.909. The van der Waals surface area contributed by atoms with E-state index >= 15 is 0 Å². The molecule has 0 aliphatic carbocycles. The van der Waals surface area contributed by atoms with Gasteiger partial charge in [-0.2, -0.15) is 0 Å². The number of pyridine rings is 1. The van der Waals surface area contributed by atoms with Gasteiger partial charge in [0.05, 0.1) is 5.56 Å². The van der Waals surface area contributed by atoms with Crippen LogP contribution in [0.3, 0.4) is 0 Å². The van der Waals surface area contributed by atoms with Gasteiger partial charge in [-0.1, -0.05) is 36.5 Å². The van der Waals surface area contributed by atoms with Crippen molar-refractivity contribution in [1.82, 2.24) is 4.98 Å². The lowest BCUT2D eigenvalue weighted by molar-refractivity contribution is 0.849. The van der Waals surface area contributed by atoms with E-state index in [0.29, 0.717) is 4.99 Å². The summed E-state index contributed by atoms with van der Waals surface area (Å²) in [5.41, 5.74) is 11.6. The Morgan fingerprint density at radius 1 is 1.20 bits per heavy atom. The minimum atomic E-state index is 0.418. The van der Waals surface area contributed by atoms with Crippen LogP contribution in [-0.4, -0.2) is 9.97 Å². The van der Waals surface area contributed by atoms with Crippen molar-refractivity contribution in [2.24, 2.45) is 5.73 Å². The predicted molar refractivity (Wildman–Crippen MR) is 85.9 cm³/mol. The molecule has 1 aromatic heterocycles. The Morgan fingerprint density at radius 2 is 1.80 bits per heavy atom. The highest BCUT2D eigenvalue weighted by Crippen LogP contribution is 2.30. The van der Waals surface area contributed by atoms with Crippen LogP contribution < -0.4 is 10.6 Å². The van der Waals surface area contributed by atoms with Crippen molar-refractivity contribution in [3.8, 4) is 0 Å². The zero-order valence-electron chi connectivity index (χ0n) is 11.7. The largest absolute Gasteiger partial charge is 0.389 e. The number of aromatic nitrogens is 1. The van der Waals surface area contributed by atoms with Crippen LogP contribution in [0.4, 0.5) is 5.82 Å². The number of hydrogen-bond acceptors (Lipinski definition) is 3. The molecule has 0 amide bonds. The van der Waals surface area contributed by atoms with Gasteiger partial charge in [-0.3, -0.25) is 0 Å². The average Bonchev–Trinajstić information content (AvgIpc) is 2.80. The van der Waals surface area contributed by atoms with Gasteiger partial charge in [-0.05, 0) is 36.6 Å². The van der Waals surface area contributed by atoms with E-state index in [1.807, 2.05) is 19.9 Å². The second kappa shape index (κ2) is 4.87. The molecule has 1 aliphatic rings. The monoisotopic (exact) mass is 283 g/mol. The molecule has 0 atom stereocenters. The van der Waals surface area contributed by atoms with Crippen molar-refractivity contribution in [2.45, 2.75) is 26.9 Å². The number of fused-ring (bicyclic) bond motifs is 1. The molecule has 0 radical (unpaired) electrons. The zero-order valence-corrected chi connectivity index (χ0v) is 12.5. The Bertz CT molecular complexity index is 669. The highest BCUT2D eigenvalue weighted by molar-refractivity contribution is 7.80. The molecule has 2 aromatic rings. The highest BCUT2D eigenvalue weighted by Gasteiger charge is 2.23. The van der Waals surface area contributed by atoms with Gasteiger partial charge < -0.3 is 10.6 Å². The Hall–Kier alpha value is -1.94. The molecule has 4 heteroatoms. The first-order valence-electron chi connectivity index (χ1n) is 6.66. The van der Waals surface area contributed by atoms with E-state index in [0.717, 1.165) is 35.7 Å². The normalized spacial score (nSPS) is 13.4. The number of rotatable bonds is 2. The number of nitrogens with zero attached hydrogens (tertiary/aromatic N) is 2. The summed E-state index contributed by atoms with van der Waals surface area (Å²) in [7, 11) is 0. The Balaban J connectivity index is 2.06. The molecule has 2 N–H and O–H groups in total. The topological polar surface area (TPSA) is 42.1 Å². The third-order valence-corrected chi connectivity index (χ3v) is 3.92. The Kier molecular flexibility index (Phi) is 3.18. The number of aryl methyl sites for hydroxylation is 2. The second-order valence-electron chi connectivity index (χ2n) is 5.27.